The van der Waals surface area contributed by atoms with E-state index in [4.69, 9.17) is 0 Å². The van der Waals surface area contributed by atoms with E-state index in [0.29, 0.717) is 5.00 Å². The lowest BCUT2D eigenvalue weighted by Crippen LogP contribution is -1.52. The molecule has 1 rings (SSSR count). The fourth-order valence-electron chi connectivity index (χ4n) is 0.256. The van der Waals surface area contributed by atoms with Crippen molar-refractivity contribution in [1.82, 2.24) is 9.59 Å². The lowest BCUT2D eigenvalue weighted by Gasteiger charge is -1.64. The summed E-state index contributed by atoms with van der Waals surface area (Å²) in [4.78, 5) is 12.8. The van der Waals surface area contributed by atoms with E-state index < -0.39 is 0 Å². The molecule has 0 atom stereocenters. The van der Waals surface area contributed by atoms with Crippen molar-refractivity contribution in [2.24, 2.45) is 4.99 Å². The van der Waals surface area contributed by atoms with Crippen LogP contribution in [0.5, 0.6) is 0 Å². The fraction of sp³-hybridized carbons (Fsp3) is 0. The summed E-state index contributed by atoms with van der Waals surface area (Å²) >= 11 is 1.06. The minimum absolute atomic E-state index is 0.486. The van der Waals surface area contributed by atoms with Crippen LogP contribution in [0.4, 0.5) is 5.00 Å². The van der Waals surface area contributed by atoms with Crippen molar-refractivity contribution in [1.29, 1.82) is 0 Å². The average Bonchev–Trinajstić information content (AvgIpc) is 2.19. The fourth-order valence-corrected chi connectivity index (χ4v) is 0.607. The second-order valence-corrected chi connectivity index (χ2v) is 1.72. The van der Waals surface area contributed by atoms with Crippen molar-refractivity contribution in [2.75, 3.05) is 0 Å². The molecular weight excluding hydrogens is 126 g/mol. The van der Waals surface area contributed by atoms with Gasteiger partial charge < -0.3 is 0 Å². The highest BCUT2D eigenvalue weighted by Crippen LogP contribution is 2.11. The number of hydrogen-bond acceptors (Lipinski definition) is 5. The Kier molecular flexibility index (Phi) is 1.46. The van der Waals surface area contributed by atoms with Gasteiger partial charge in [0.15, 0.2) is 5.00 Å². The zero-order valence-electron chi connectivity index (χ0n) is 3.74. The highest BCUT2D eigenvalue weighted by molar-refractivity contribution is 7.09. The van der Waals surface area contributed by atoms with E-state index in [2.05, 4.69) is 14.6 Å². The number of rotatable bonds is 1. The molecular formula is C3HN3OS. The standard InChI is InChI=1S/C3HN3OS/c7-2-4-3-1-5-6-8-3/h1H. The summed E-state index contributed by atoms with van der Waals surface area (Å²) in [5.74, 6) is 0. The van der Waals surface area contributed by atoms with E-state index in [1.807, 2.05) is 0 Å². The minimum atomic E-state index is 0.486. The molecule has 0 aliphatic carbocycles. The first kappa shape index (κ1) is 5.08. The smallest absolute Gasteiger partial charge is 0.211 e. The monoisotopic (exact) mass is 127 g/mol. The van der Waals surface area contributed by atoms with E-state index in [0.717, 1.165) is 11.5 Å². The number of hydrogen-bond donors (Lipinski definition) is 0. The van der Waals surface area contributed by atoms with Crippen LogP contribution in [0.25, 0.3) is 0 Å². The Morgan fingerprint density at radius 3 is 3.25 bits per heavy atom. The summed E-state index contributed by atoms with van der Waals surface area (Å²) in [5, 5.41) is 3.92. The van der Waals surface area contributed by atoms with Crippen LogP contribution in [0, 0.1) is 0 Å². The van der Waals surface area contributed by atoms with Crippen LogP contribution in [0.2, 0.25) is 0 Å². The van der Waals surface area contributed by atoms with Crippen LogP contribution in [-0.2, 0) is 4.79 Å². The molecule has 0 radical (unpaired) electrons. The van der Waals surface area contributed by atoms with Crippen LogP contribution in [-0.4, -0.2) is 15.7 Å². The van der Waals surface area contributed by atoms with E-state index in [1.165, 1.54) is 12.3 Å². The Labute approximate surface area is 49.0 Å². The minimum Gasteiger partial charge on any atom is -0.211 e. The number of nitrogens with zero attached hydrogens (tertiary/aromatic N) is 3. The van der Waals surface area contributed by atoms with E-state index in [9.17, 15) is 4.79 Å². The maximum Gasteiger partial charge on any atom is 0.241 e. The Bertz CT molecular complexity index is 200. The van der Waals surface area contributed by atoms with Gasteiger partial charge in [-0.1, -0.05) is 4.49 Å². The normalized spacial score (nSPS) is 8.00. The molecule has 0 aliphatic rings. The molecule has 0 spiro atoms. The second kappa shape index (κ2) is 2.30. The van der Waals surface area contributed by atoms with Gasteiger partial charge in [0.05, 0.1) is 6.20 Å². The van der Waals surface area contributed by atoms with Crippen molar-refractivity contribution in [3.05, 3.63) is 6.20 Å². The van der Waals surface area contributed by atoms with Gasteiger partial charge >= 0.3 is 0 Å². The number of aliphatic imine (C=N–C) groups is 1. The molecule has 0 fully saturated rings. The first-order valence-corrected chi connectivity index (χ1v) is 2.56. The molecule has 0 bridgehead atoms. The van der Waals surface area contributed by atoms with Gasteiger partial charge in [-0.15, -0.1) is 5.10 Å². The molecule has 0 N–H and O–H groups in total. The van der Waals surface area contributed by atoms with Gasteiger partial charge in [0, 0.05) is 11.5 Å². The average molecular weight is 127 g/mol. The van der Waals surface area contributed by atoms with Gasteiger partial charge in [0.2, 0.25) is 6.08 Å². The lowest BCUT2D eigenvalue weighted by molar-refractivity contribution is 0.565. The van der Waals surface area contributed by atoms with Crippen LogP contribution < -0.4 is 0 Å². The van der Waals surface area contributed by atoms with Crippen LogP contribution >= 0.6 is 11.5 Å². The third-order valence-corrected chi connectivity index (χ3v) is 1.07. The third kappa shape index (κ3) is 0.959. The largest absolute Gasteiger partial charge is 0.241 e. The van der Waals surface area contributed by atoms with Gasteiger partial charge in [0.1, 0.15) is 0 Å². The molecule has 1 aromatic heterocycles. The molecule has 8 heavy (non-hydrogen) atoms. The van der Waals surface area contributed by atoms with Crippen molar-refractivity contribution < 1.29 is 4.79 Å². The quantitative estimate of drug-likeness (QED) is 0.408. The van der Waals surface area contributed by atoms with Crippen molar-refractivity contribution in [2.45, 2.75) is 0 Å². The predicted octanol–water partition coefficient (Wildman–Crippen LogP) is 0.505. The Morgan fingerprint density at radius 1 is 1.88 bits per heavy atom. The predicted molar refractivity (Wildman–Crippen MR) is 27.7 cm³/mol. The molecule has 0 unspecified atom stereocenters. The number of carbonyl (C=O) groups excluding carboxylic acids is 1. The van der Waals surface area contributed by atoms with E-state index >= 15 is 0 Å². The van der Waals surface area contributed by atoms with Gasteiger partial charge in [-0.05, 0) is 0 Å². The summed E-state index contributed by atoms with van der Waals surface area (Å²) in [6.07, 6.45) is 2.77. The maximum absolute atomic E-state index is 9.53. The van der Waals surface area contributed by atoms with Gasteiger partial charge in [0.25, 0.3) is 0 Å². The molecule has 1 aromatic rings. The number of isocyanates is 1. The van der Waals surface area contributed by atoms with Crippen LogP contribution in [0.1, 0.15) is 0 Å². The Hall–Kier alpha value is -1.06. The molecule has 0 saturated heterocycles. The van der Waals surface area contributed by atoms with Crippen LogP contribution in [0.15, 0.2) is 11.2 Å². The zero-order chi connectivity index (χ0) is 5.82. The molecule has 40 valence electrons. The maximum atomic E-state index is 9.53. The third-order valence-electron chi connectivity index (χ3n) is 0.506. The molecule has 0 aromatic carbocycles. The van der Waals surface area contributed by atoms with E-state index in [1.54, 1.807) is 0 Å². The van der Waals surface area contributed by atoms with E-state index in [-0.39, 0.29) is 0 Å². The summed E-state index contributed by atoms with van der Waals surface area (Å²) in [6, 6.07) is 0. The molecule has 4 nitrogen and oxygen atoms in total. The molecule has 0 amide bonds. The Morgan fingerprint density at radius 2 is 2.75 bits per heavy atom. The topological polar surface area (TPSA) is 55.2 Å². The molecule has 5 heteroatoms. The molecule has 0 saturated carbocycles. The highest BCUT2D eigenvalue weighted by atomic mass is 32.1. The van der Waals surface area contributed by atoms with Crippen molar-refractivity contribution >= 4 is 22.6 Å². The summed E-state index contributed by atoms with van der Waals surface area (Å²) < 4.78 is 3.46. The molecule has 1 heterocycles. The van der Waals surface area contributed by atoms with Crippen molar-refractivity contribution in [3.8, 4) is 0 Å². The van der Waals surface area contributed by atoms with Crippen molar-refractivity contribution in [3.63, 3.8) is 0 Å². The first-order chi connectivity index (χ1) is 3.93. The zero-order valence-corrected chi connectivity index (χ0v) is 4.55. The first-order valence-electron chi connectivity index (χ1n) is 1.78. The SMILES string of the molecule is O=C=Nc1cnns1. The number of aromatic nitrogens is 2. The highest BCUT2D eigenvalue weighted by Gasteiger charge is 1.86. The van der Waals surface area contributed by atoms with Gasteiger partial charge in [-0.2, -0.15) is 4.99 Å². The summed E-state index contributed by atoms with van der Waals surface area (Å²) in [7, 11) is 0. The van der Waals surface area contributed by atoms with Gasteiger partial charge in [-0.25, -0.2) is 4.79 Å². The molecule has 0 aliphatic heterocycles. The summed E-state index contributed by atoms with van der Waals surface area (Å²) in [6.45, 7) is 0. The second-order valence-electron chi connectivity index (χ2n) is 0.959. The lowest BCUT2D eigenvalue weighted by atomic mass is 10.9. The van der Waals surface area contributed by atoms with Gasteiger partial charge in [-0.3, -0.25) is 0 Å². The van der Waals surface area contributed by atoms with Crippen LogP contribution in [0.3, 0.4) is 0 Å². The Balaban J connectivity index is 2.93. The summed E-state index contributed by atoms with van der Waals surface area (Å²) in [5.41, 5.74) is 0.